The van der Waals surface area contributed by atoms with Gasteiger partial charge >= 0.3 is 5.97 Å². The number of fused-ring (bicyclic) bond motifs is 1. The SMILES string of the molecule is Cc1nccc(C(=O)N2[C@H](C(=O)O)C[C@H]3CCCC[C@@H]32)n1. The fourth-order valence-corrected chi connectivity index (χ4v) is 3.68. The van der Waals surface area contributed by atoms with E-state index >= 15 is 0 Å². The van der Waals surface area contributed by atoms with Crippen molar-refractivity contribution in [2.45, 2.75) is 51.1 Å². The molecule has 0 radical (unpaired) electrons. The molecule has 0 bridgehead atoms. The van der Waals surface area contributed by atoms with Crippen molar-refractivity contribution >= 4 is 11.9 Å². The van der Waals surface area contributed by atoms with Crippen molar-refractivity contribution in [1.82, 2.24) is 14.9 Å². The number of hydrogen-bond acceptors (Lipinski definition) is 4. The lowest BCUT2D eigenvalue weighted by atomic mass is 9.84. The Labute approximate surface area is 123 Å². The van der Waals surface area contributed by atoms with E-state index in [0.717, 1.165) is 25.7 Å². The molecule has 2 fully saturated rings. The Kier molecular flexibility index (Phi) is 3.61. The first-order valence-electron chi connectivity index (χ1n) is 7.43. The van der Waals surface area contributed by atoms with E-state index < -0.39 is 12.0 Å². The van der Waals surface area contributed by atoms with Crippen molar-refractivity contribution in [2.75, 3.05) is 0 Å². The molecule has 1 saturated heterocycles. The summed E-state index contributed by atoms with van der Waals surface area (Å²) >= 11 is 0. The third kappa shape index (κ3) is 2.50. The Morgan fingerprint density at radius 3 is 2.81 bits per heavy atom. The maximum Gasteiger partial charge on any atom is 0.326 e. The minimum atomic E-state index is -0.913. The molecule has 21 heavy (non-hydrogen) atoms. The number of rotatable bonds is 2. The van der Waals surface area contributed by atoms with Crippen LogP contribution in [0.2, 0.25) is 0 Å². The van der Waals surface area contributed by atoms with Crippen LogP contribution in [0.1, 0.15) is 48.4 Å². The lowest BCUT2D eigenvalue weighted by Crippen LogP contribution is -2.46. The number of carbonyl (C=O) groups is 2. The summed E-state index contributed by atoms with van der Waals surface area (Å²) in [5.41, 5.74) is 0.292. The quantitative estimate of drug-likeness (QED) is 0.895. The molecule has 2 aliphatic rings. The maximum absolute atomic E-state index is 12.7. The number of amides is 1. The number of carbonyl (C=O) groups excluding carboxylic acids is 1. The molecule has 1 saturated carbocycles. The molecular formula is C15H19N3O3. The van der Waals surface area contributed by atoms with E-state index in [-0.39, 0.29) is 11.9 Å². The second kappa shape index (κ2) is 5.42. The Balaban J connectivity index is 1.92. The minimum absolute atomic E-state index is 0.0441. The number of aromatic nitrogens is 2. The van der Waals surface area contributed by atoms with Gasteiger partial charge in [-0.05, 0) is 38.2 Å². The molecule has 3 atom stereocenters. The number of aliphatic carboxylic acids is 1. The van der Waals surface area contributed by atoms with Gasteiger partial charge in [0.25, 0.3) is 5.91 Å². The van der Waals surface area contributed by atoms with E-state index in [0.29, 0.717) is 23.9 Å². The number of carboxylic acids is 1. The molecule has 1 aliphatic carbocycles. The molecule has 2 heterocycles. The van der Waals surface area contributed by atoms with Crippen LogP contribution in [-0.2, 0) is 4.79 Å². The number of hydrogen-bond donors (Lipinski definition) is 1. The van der Waals surface area contributed by atoms with E-state index in [4.69, 9.17) is 0 Å². The van der Waals surface area contributed by atoms with Crippen molar-refractivity contribution in [1.29, 1.82) is 0 Å². The molecular weight excluding hydrogens is 270 g/mol. The Bertz CT molecular complexity index is 575. The van der Waals surface area contributed by atoms with Gasteiger partial charge in [-0.2, -0.15) is 0 Å². The molecule has 0 spiro atoms. The van der Waals surface area contributed by atoms with Crippen LogP contribution in [-0.4, -0.2) is 43.9 Å². The van der Waals surface area contributed by atoms with E-state index in [1.165, 1.54) is 0 Å². The molecule has 1 aliphatic heterocycles. The van der Waals surface area contributed by atoms with Crippen molar-refractivity contribution in [3.05, 3.63) is 23.8 Å². The zero-order valence-electron chi connectivity index (χ0n) is 12.0. The lowest BCUT2D eigenvalue weighted by molar-refractivity contribution is -0.141. The average molecular weight is 289 g/mol. The highest BCUT2D eigenvalue weighted by Gasteiger charge is 2.47. The average Bonchev–Trinajstić information content (AvgIpc) is 2.86. The number of aryl methyl sites for hydroxylation is 1. The van der Waals surface area contributed by atoms with Crippen LogP contribution in [0.5, 0.6) is 0 Å². The van der Waals surface area contributed by atoms with Gasteiger partial charge in [0.15, 0.2) is 0 Å². The zero-order valence-corrected chi connectivity index (χ0v) is 12.0. The lowest BCUT2D eigenvalue weighted by Gasteiger charge is -2.32. The summed E-state index contributed by atoms with van der Waals surface area (Å²) in [7, 11) is 0. The molecule has 1 amide bonds. The predicted molar refractivity (Wildman–Crippen MR) is 74.7 cm³/mol. The molecule has 0 aromatic carbocycles. The standard InChI is InChI=1S/C15H19N3O3/c1-9-16-7-6-11(17-9)14(19)18-12-5-3-2-4-10(12)8-13(18)15(20)21/h6-7,10,12-13H,2-5,8H2,1H3,(H,20,21)/t10-,12+,13+/m1/s1. The van der Waals surface area contributed by atoms with Crippen LogP contribution in [0.15, 0.2) is 12.3 Å². The summed E-state index contributed by atoms with van der Waals surface area (Å²) in [6.07, 6.45) is 6.20. The van der Waals surface area contributed by atoms with Crippen LogP contribution in [0.4, 0.5) is 0 Å². The van der Waals surface area contributed by atoms with Gasteiger partial charge in [0.05, 0.1) is 0 Å². The third-order valence-corrected chi connectivity index (χ3v) is 4.60. The largest absolute Gasteiger partial charge is 0.480 e. The maximum atomic E-state index is 12.7. The van der Waals surface area contributed by atoms with Gasteiger partial charge in [-0.1, -0.05) is 12.8 Å². The van der Waals surface area contributed by atoms with Crippen LogP contribution < -0.4 is 0 Å². The molecule has 6 nitrogen and oxygen atoms in total. The van der Waals surface area contributed by atoms with Crippen LogP contribution >= 0.6 is 0 Å². The number of nitrogens with zero attached hydrogens (tertiary/aromatic N) is 3. The second-order valence-corrected chi connectivity index (χ2v) is 5.90. The highest BCUT2D eigenvalue weighted by Crippen LogP contribution is 2.40. The molecule has 1 aromatic rings. The summed E-state index contributed by atoms with van der Waals surface area (Å²) in [6, 6.07) is 0.883. The topological polar surface area (TPSA) is 83.4 Å². The van der Waals surface area contributed by atoms with Crippen LogP contribution in [0, 0.1) is 12.8 Å². The van der Waals surface area contributed by atoms with Crippen molar-refractivity contribution in [2.24, 2.45) is 5.92 Å². The summed E-state index contributed by atoms with van der Waals surface area (Å²) in [5.74, 6) is -0.357. The van der Waals surface area contributed by atoms with Gasteiger partial charge < -0.3 is 10.0 Å². The summed E-state index contributed by atoms with van der Waals surface area (Å²) in [5, 5.41) is 9.45. The van der Waals surface area contributed by atoms with Gasteiger partial charge in [-0.15, -0.1) is 0 Å². The minimum Gasteiger partial charge on any atom is -0.480 e. The van der Waals surface area contributed by atoms with Gasteiger partial charge in [0, 0.05) is 12.2 Å². The molecule has 3 rings (SSSR count). The zero-order chi connectivity index (χ0) is 15.0. The summed E-state index contributed by atoms with van der Waals surface area (Å²) < 4.78 is 0. The van der Waals surface area contributed by atoms with Crippen molar-refractivity contribution in [3.63, 3.8) is 0 Å². The fourth-order valence-electron chi connectivity index (χ4n) is 3.68. The molecule has 112 valence electrons. The van der Waals surface area contributed by atoms with E-state index in [1.807, 2.05) is 0 Å². The monoisotopic (exact) mass is 289 g/mol. The van der Waals surface area contributed by atoms with E-state index in [1.54, 1.807) is 24.1 Å². The van der Waals surface area contributed by atoms with Crippen molar-refractivity contribution in [3.8, 4) is 0 Å². The molecule has 6 heteroatoms. The number of carboxylic acid groups (broad SMARTS) is 1. The van der Waals surface area contributed by atoms with Crippen LogP contribution in [0.3, 0.4) is 0 Å². The third-order valence-electron chi connectivity index (χ3n) is 4.60. The Hall–Kier alpha value is -1.98. The summed E-state index contributed by atoms with van der Waals surface area (Å²) in [6.45, 7) is 1.72. The fraction of sp³-hybridized carbons (Fsp3) is 0.600. The summed E-state index contributed by atoms with van der Waals surface area (Å²) in [4.78, 5) is 34.0. The van der Waals surface area contributed by atoms with Gasteiger partial charge in [-0.3, -0.25) is 4.79 Å². The van der Waals surface area contributed by atoms with E-state index in [9.17, 15) is 14.7 Å². The molecule has 0 unspecified atom stereocenters. The number of likely N-dealkylation sites (tertiary alicyclic amines) is 1. The first kappa shape index (κ1) is 14.0. The van der Waals surface area contributed by atoms with Gasteiger partial charge in [0.2, 0.25) is 0 Å². The second-order valence-electron chi connectivity index (χ2n) is 5.90. The van der Waals surface area contributed by atoms with Gasteiger partial charge in [-0.25, -0.2) is 14.8 Å². The first-order chi connectivity index (χ1) is 10.1. The molecule has 1 aromatic heterocycles. The predicted octanol–water partition coefficient (Wildman–Crippen LogP) is 1.64. The van der Waals surface area contributed by atoms with Crippen molar-refractivity contribution < 1.29 is 14.7 Å². The smallest absolute Gasteiger partial charge is 0.326 e. The van der Waals surface area contributed by atoms with E-state index in [2.05, 4.69) is 9.97 Å². The Morgan fingerprint density at radius 1 is 1.33 bits per heavy atom. The Morgan fingerprint density at radius 2 is 2.10 bits per heavy atom. The molecule has 1 N–H and O–H groups in total. The van der Waals surface area contributed by atoms with Crippen LogP contribution in [0.25, 0.3) is 0 Å². The highest BCUT2D eigenvalue weighted by molar-refractivity contribution is 5.95. The first-order valence-corrected chi connectivity index (χ1v) is 7.43. The highest BCUT2D eigenvalue weighted by atomic mass is 16.4. The normalized spacial score (nSPS) is 28.2. The van der Waals surface area contributed by atoms with Gasteiger partial charge in [0.1, 0.15) is 17.6 Å².